The van der Waals surface area contributed by atoms with Gasteiger partial charge in [0, 0.05) is 5.56 Å². The first-order chi connectivity index (χ1) is 12.7. The van der Waals surface area contributed by atoms with Gasteiger partial charge in [-0.25, -0.2) is 4.99 Å². The van der Waals surface area contributed by atoms with E-state index in [0.29, 0.717) is 5.92 Å². The van der Waals surface area contributed by atoms with Gasteiger partial charge in [0.05, 0.1) is 0 Å². The van der Waals surface area contributed by atoms with Gasteiger partial charge < -0.3 is 4.74 Å². The molecule has 0 radical (unpaired) electrons. The van der Waals surface area contributed by atoms with Crippen molar-refractivity contribution in [3.63, 3.8) is 0 Å². The van der Waals surface area contributed by atoms with E-state index in [1.54, 1.807) is 0 Å². The van der Waals surface area contributed by atoms with Crippen molar-refractivity contribution < 1.29 is 4.74 Å². The molecule has 2 nitrogen and oxygen atoms in total. The minimum Gasteiger partial charge on any atom is -0.467 e. The van der Waals surface area contributed by atoms with Gasteiger partial charge in [0.1, 0.15) is 6.04 Å². The molecule has 3 aromatic carbocycles. The molecule has 2 atom stereocenters. The number of ether oxygens (including phenoxy) is 1. The summed E-state index contributed by atoms with van der Waals surface area (Å²) in [5.74, 6) is 1.17. The lowest BCUT2D eigenvalue weighted by atomic mass is 9.97. The van der Waals surface area contributed by atoms with E-state index in [1.165, 1.54) is 11.1 Å². The van der Waals surface area contributed by atoms with Crippen molar-refractivity contribution in [3.8, 4) is 0 Å². The van der Waals surface area contributed by atoms with Crippen LogP contribution in [0.2, 0.25) is 0 Å². The van der Waals surface area contributed by atoms with E-state index in [2.05, 4.69) is 86.6 Å². The molecule has 0 N–H and O–H groups in total. The van der Waals surface area contributed by atoms with Gasteiger partial charge in [-0.3, -0.25) is 0 Å². The van der Waals surface area contributed by atoms with Crippen LogP contribution in [0, 0.1) is 0 Å². The zero-order chi connectivity index (χ0) is 17.9. The smallest absolute Gasteiger partial charge is 0.217 e. The predicted octanol–water partition coefficient (Wildman–Crippen LogP) is 6.07. The number of nitrogens with zero attached hydrogens (tertiary/aromatic N) is 1. The second kappa shape index (κ2) is 7.17. The molecule has 130 valence electrons. The zero-order valence-electron chi connectivity index (χ0n) is 15.2. The Kier molecular flexibility index (Phi) is 4.57. The van der Waals surface area contributed by atoms with Gasteiger partial charge in [-0.05, 0) is 28.7 Å². The van der Waals surface area contributed by atoms with E-state index in [4.69, 9.17) is 9.73 Å². The maximum atomic E-state index is 6.44. The lowest BCUT2D eigenvalue weighted by molar-refractivity contribution is 0.197. The molecule has 0 saturated heterocycles. The molecular weight excluding hydrogens is 318 g/mol. The van der Waals surface area contributed by atoms with Crippen molar-refractivity contribution in [1.29, 1.82) is 0 Å². The highest BCUT2D eigenvalue weighted by Gasteiger charge is 2.34. The van der Waals surface area contributed by atoms with Crippen LogP contribution in [-0.2, 0) is 4.74 Å². The van der Waals surface area contributed by atoms with Crippen LogP contribution in [-0.4, -0.2) is 5.90 Å². The van der Waals surface area contributed by atoms with Crippen LogP contribution in [0.1, 0.15) is 54.2 Å². The summed E-state index contributed by atoms with van der Waals surface area (Å²) in [7, 11) is 0. The van der Waals surface area contributed by atoms with E-state index in [0.717, 1.165) is 17.0 Å². The molecule has 1 aliphatic rings. The Morgan fingerprint density at radius 1 is 0.731 bits per heavy atom. The highest BCUT2D eigenvalue weighted by molar-refractivity contribution is 5.97. The van der Waals surface area contributed by atoms with Crippen LogP contribution < -0.4 is 0 Å². The summed E-state index contributed by atoms with van der Waals surface area (Å²) in [6.45, 7) is 4.41. The first kappa shape index (κ1) is 16.6. The molecule has 3 aromatic rings. The Morgan fingerprint density at radius 3 is 1.96 bits per heavy atom. The second-order valence-corrected chi connectivity index (χ2v) is 6.98. The topological polar surface area (TPSA) is 21.6 Å². The molecule has 2 heteroatoms. The fourth-order valence-electron chi connectivity index (χ4n) is 3.53. The quantitative estimate of drug-likeness (QED) is 0.564. The number of benzene rings is 3. The van der Waals surface area contributed by atoms with Crippen LogP contribution >= 0.6 is 0 Å². The maximum absolute atomic E-state index is 6.44. The van der Waals surface area contributed by atoms with E-state index in [1.807, 2.05) is 12.1 Å². The first-order valence-electron chi connectivity index (χ1n) is 9.17. The third-order valence-electron chi connectivity index (χ3n) is 4.86. The van der Waals surface area contributed by atoms with E-state index in [9.17, 15) is 0 Å². The Bertz CT molecular complexity index is 900. The summed E-state index contributed by atoms with van der Waals surface area (Å²) in [6, 6.07) is 29.2. The summed E-state index contributed by atoms with van der Waals surface area (Å²) in [5, 5.41) is 0. The predicted molar refractivity (Wildman–Crippen MR) is 107 cm³/mol. The third-order valence-corrected chi connectivity index (χ3v) is 4.86. The zero-order valence-corrected chi connectivity index (χ0v) is 15.2. The molecule has 1 heterocycles. The molecule has 0 saturated carbocycles. The number of hydrogen-bond acceptors (Lipinski definition) is 2. The van der Waals surface area contributed by atoms with Gasteiger partial charge in [-0.1, -0.05) is 92.7 Å². The summed E-state index contributed by atoms with van der Waals surface area (Å²) in [5.41, 5.74) is 4.70. The normalized spacial score (nSPS) is 19.3. The van der Waals surface area contributed by atoms with Crippen molar-refractivity contribution in [2.24, 2.45) is 4.99 Å². The number of aliphatic imine (C=N–C) groups is 1. The van der Waals surface area contributed by atoms with Crippen LogP contribution in [0.25, 0.3) is 0 Å². The molecule has 0 aliphatic carbocycles. The van der Waals surface area contributed by atoms with Gasteiger partial charge in [-0.2, -0.15) is 0 Å². The number of hydrogen-bond donors (Lipinski definition) is 0. The van der Waals surface area contributed by atoms with Gasteiger partial charge in [0.25, 0.3) is 0 Å². The van der Waals surface area contributed by atoms with Crippen LogP contribution in [0.3, 0.4) is 0 Å². The van der Waals surface area contributed by atoms with Gasteiger partial charge in [-0.15, -0.1) is 0 Å². The molecule has 1 aliphatic heterocycles. The average molecular weight is 341 g/mol. The molecule has 0 aromatic heterocycles. The lowest BCUT2D eigenvalue weighted by Crippen LogP contribution is -2.10. The highest BCUT2D eigenvalue weighted by atomic mass is 16.5. The fraction of sp³-hybridized carbons (Fsp3) is 0.208. The van der Waals surface area contributed by atoms with Crippen LogP contribution in [0.5, 0.6) is 0 Å². The average Bonchev–Trinajstić information content (AvgIpc) is 3.15. The molecule has 0 bridgehead atoms. The second-order valence-electron chi connectivity index (χ2n) is 6.98. The SMILES string of the molecule is CC(C)c1ccccc1C1=N[C@H](c2ccccc2)[C@@H](c2ccccc2)O1. The first-order valence-corrected chi connectivity index (χ1v) is 9.17. The Labute approximate surface area is 155 Å². The van der Waals surface area contributed by atoms with Crippen molar-refractivity contribution >= 4 is 5.90 Å². The summed E-state index contributed by atoms with van der Waals surface area (Å²) >= 11 is 0. The minimum absolute atomic E-state index is 0.0335. The largest absolute Gasteiger partial charge is 0.467 e. The van der Waals surface area contributed by atoms with E-state index < -0.39 is 0 Å². The van der Waals surface area contributed by atoms with Crippen molar-refractivity contribution in [1.82, 2.24) is 0 Å². The standard InChI is InChI=1S/C24H23NO/c1-17(2)20-15-9-10-16-21(20)24-25-22(18-11-5-3-6-12-18)23(26-24)19-13-7-4-8-14-19/h3-17,22-23H,1-2H3/t22-,23-/m1/s1. The lowest BCUT2D eigenvalue weighted by Gasteiger charge is -2.19. The molecule has 4 rings (SSSR count). The molecule has 0 spiro atoms. The van der Waals surface area contributed by atoms with Gasteiger partial charge in [0.2, 0.25) is 5.90 Å². The van der Waals surface area contributed by atoms with Crippen molar-refractivity contribution in [2.75, 3.05) is 0 Å². The summed E-state index contributed by atoms with van der Waals surface area (Å²) in [6.07, 6.45) is -0.103. The molecule has 0 amide bonds. The van der Waals surface area contributed by atoms with E-state index >= 15 is 0 Å². The Hall–Kier alpha value is -2.87. The van der Waals surface area contributed by atoms with E-state index in [-0.39, 0.29) is 12.1 Å². The maximum Gasteiger partial charge on any atom is 0.217 e. The Morgan fingerprint density at radius 2 is 1.31 bits per heavy atom. The van der Waals surface area contributed by atoms with Crippen molar-refractivity contribution in [2.45, 2.75) is 31.9 Å². The van der Waals surface area contributed by atoms with Crippen LogP contribution in [0.15, 0.2) is 89.9 Å². The van der Waals surface area contributed by atoms with Crippen LogP contribution in [0.4, 0.5) is 0 Å². The molecular formula is C24H23NO. The molecule has 0 unspecified atom stereocenters. The Balaban J connectivity index is 1.78. The minimum atomic E-state index is -0.103. The van der Waals surface area contributed by atoms with Gasteiger partial charge >= 0.3 is 0 Å². The van der Waals surface area contributed by atoms with Gasteiger partial charge in [0.15, 0.2) is 6.10 Å². The molecule has 0 fully saturated rings. The summed E-state index contributed by atoms with van der Waals surface area (Å²) in [4.78, 5) is 5.02. The highest BCUT2D eigenvalue weighted by Crippen LogP contribution is 2.41. The number of rotatable bonds is 4. The van der Waals surface area contributed by atoms with Crippen molar-refractivity contribution in [3.05, 3.63) is 107 Å². The monoisotopic (exact) mass is 341 g/mol. The third kappa shape index (κ3) is 3.15. The summed E-state index contributed by atoms with van der Waals surface area (Å²) < 4.78 is 6.44. The fourth-order valence-corrected chi connectivity index (χ4v) is 3.53. The molecule has 26 heavy (non-hydrogen) atoms.